The number of halogens is 2. The van der Waals surface area contributed by atoms with Crippen LogP contribution in [0.1, 0.15) is 31.7 Å². The van der Waals surface area contributed by atoms with E-state index < -0.39 is 5.97 Å². The molecule has 0 radical (unpaired) electrons. The summed E-state index contributed by atoms with van der Waals surface area (Å²) in [6.45, 7) is 4.61. The zero-order chi connectivity index (χ0) is 15.4. The zero-order valence-electron chi connectivity index (χ0n) is 12.2. The minimum atomic E-state index is -0.728. The van der Waals surface area contributed by atoms with Crippen molar-refractivity contribution in [2.75, 3.05) is 13.1 Å². The van der Waals surface area contributed by atoms with Crippen LogP contribution in [0.2, 0.25) is 0 Å². The average Bonchev–Trinajstić information content (AvgIpc) is 2.37. The highest BCUT2D eigenvalue weighted by molar-refractivity contribution is 9.10. The summed E-state index contributed by atoms with van der Waals surface area (Å²) in [5, 5.41) is 8.92. The lowest BCUT2D eigenvalue weighted by atomic mass is 9.84. The SMILES string of the molecule is CC(CC(=O)O)C1CCCN(Cc2cc(F)cc(Br)c2)C1. The highest BCUT2D eigenvalue weighted by atomic mass is 79.9. The summed E-state index contributed by atoms with van der Waals surface area (Å²) in [6.07, 6.45) is 2.38. The Balaban J connectivity index is 1.96. The molecule has 0 saturated carbocycles. The molecule has 1 N–H and O–H groups in total. The van der Waals surface area contributed by atoms with Gasteiger partial charge in [-0.1, -0.05) is 22.9 Å². The van der Waals surface area contributed by atoms with E-state index in [0.29, 0.717) is 12.5 Å². The number of likely N-dealkylation sites (tertiary alicyclic amines) is 1. The highest BCUT2D eigenvalue weighted by Gasteiger charge is 2.26. The van der Waals surface area contributed by atoms with Gasteiger partial charge in [0, 0.05) is 24.0 Å². The Kier molecular flexibility index (Phi) is 5.76. The van der Waals surface area contributed by atoms with Crippen LogP contribution >= 0.6 is 15.9 Å². The van der Waals surface area contributed by atoms with Gasteiger partial charge in [0.25, 0.3) is 0 Å². The molecule has 2 atom stereocenters. The molecule has 1 aliphatic rings. The molecule has 1 aromatic carbocycles. The maximum atomic E-state index is 13.4. The molecule has 1 aromatic rings. The van der Waals surface area contributed by atoms with Crippen LogP contribution in [0, 0.1) is 17.7 Å². The molecule has 0 amide bonds. The van der Waals surface area contributed by atoms with E-state index in [1.165, 1.54) is 6.07 Å². The Morgan fingerprint density at radius 2 is 2.29 bits per heavy atom. The maximum Gasteiger partial charge on any atom is 0.303 e. The standard InChI is InChI=1S/C16H21BrFNO2/c1-11(5-16(20)21)13-3-2-4-19(10-13)9-12-6-14(17)8-15(18)7-12/h6-8,11,13H,2-5,9-10H2,1H3,(H,20,21). The van der Waals surface area contributed by atoms with Gasteiger partial charge < -0.3 is 5.11 Å². The number of aliphatic carboxylic acids is 1. The fourth-order valence-electron chi connectivity index (χ4n) is 3.10. The van der Waals surface area contributed by atoms with E-state index in [4.69, 9.17) is 5.11 Å². The average molecular weight is 358 g/mol. The molecule has 0 aliphatic carbocycles. The molecule has 1 saturated heterocycles. The van der Waals surface area contributed by atoms with Gasteiger partial charge in [-0.15, -0.1) is 0 Å². The number of piperidine rings is 1. The van der Waals surface area contributed by atoms with E-state index >= 15 is 0 Å². The van der Waals surface area contributed by atoms with Crippen molar-refractivity contribution >= 4 is 21.9 Å². The van der Waals surface area contributed by atoms with Crippen molar-refractivity contribution in [3.8, 4) is 0 Å². The molecular formula is C16H21BrFNO2. The lowest BCUT2D eigenvalue weighted by molar-refractivity contribution is -0.138. The van der Waals surface area contributed by atoms with E-state index in [1.54, 1.807) is 6.07 Å². The molecule has 1 fully saturated rings. The number of hydrogen-bond donors (Lipinski definition) is 1. The Morgan fingerprint density at radius 1 is 1.52 bits per heavy atom. The Hall–Kier alpha value is -0.940. The van der Waals surface area contributed by atoms with Crippen LogP contribution in [0.25, 0.3) is 0 Å². The van der Waals surface area contributed by atoms with Crippen LogP contribution < -0.4 is 0 Å². The molecule has 0 aromatic heterocycles. The maximum absolute atomic E-state index is 13.4. The minimum absolute atomic E-state index is 0.185. The van der Waals surface area contributed by atoms with Crippen LogP contribution in [-0.2, 0) is 11.3 Å². The van der Waals surface area contributed by atoms with Crippen molar-refractivity contribution < 1.29 is 14.3 Å². The van der Waals surface area contributed by atoms with Gasteiger partial charge in [0.1, 0.15) is 5.82 Å². The number of carbonyl (C=O) groups is 1. The molecule has 1 heterocycles. The van der Waals surface area contributed by atoms with Gasteiger partial charge in [-0.25, -0.2) is 4.39 Å². The molecule has 3 nitrogen and oxygen atoms in total. The smallest absolute Gasteiger partial charge is 0.303 e. The third kappa shape index (κ3) is 5.08. The molecule has 5 heteroatoms. The fourth-order valence-corrected chi connectivity index (χ4v) is 3.61. The van der Waals surface area contributed by atoms with Gasteiger partial charge in [-0.2, -0.15) is 0 Å². The van der Waals surface area contributed by atoms with Crippen LogP contribution in [0.4, 0.5) is 4.39 Å². The van der Waals surface area contributed by atoms with Crippen LogP contribution in [0.5, 0.6) is 0 Å². The zero-order valence-corrected chi connectivity index (χ0v) is 13.8. The third-order valence-electron chi connectivity index (χ3n) is 4.17. The summed E-state index contributed by atoms with van der Waals surface area (Å²) < 4.78 is 14.2. The predicted octanol–water partition coefficient (Wildman–Crippen LogP) is 3.91. The van der Waals surface area contributed by atoms with Crippen molar-refractivity contribution in [1.82, 2.24) is 4.90 Å². The van der Waals surface area contributed by atoms with E-state index in [2.05, 4.69) is 20.8 Å². The number of nitrogens with zero attached hydrogens (tertiary/aromatic N) is 1. The number of hydrogen-bond acceptors (Lipinski definition) is 2. The van der Waals surface area contributed by atoms with Crippen molar-refractivity contribution in [1.29, 1.82) is 0 Å². The first kappa shape index (κ1) is 16.4. The van der Waals surface area contributed by atoms with Crippen molar-refractivity contribution in [2.45, 2.75) is 32.7 Å². The second kappa shape index (κ2) is 7.36. The van der Waals surface area contributed by atoms with Crippen LogP contribution in [0.15, 0.2) is 22.7 Å². The molecule has 0 bridgehead atoms. The fraction of sp³-hybridized carbons (Fsp3) is 0.562. The molecular weight excluding hydrogens is 337 g/mol. The predicted molar refractivity (Wildman–Crippen MR) is 83.5 cm³/mol. The normalized spacial score (nSPS) is 21.2. The van der Waals surface area contributed by atoms with E-state index in [0.717, 1.165) is 36.0 Å². The van der Waals surface area contributed by atoms with Gasteiger partial charge >= 0.3 is 5.97 Å². The lowest BCUT2D eigenvalue weighted by Gasteiger charge is -2.35. The van der Waals surface area contributed by atoms with Crippen LogP contribution in [-0.4, -0.2) is 29.1 Å². The topological polar surface area (TPSA) is 40.5 Å². The van der Waals surface area contributed by atoms with E-state index in [1.807, 2.05) is 13.0 Å². The monoisotopic (exact) mass is 357 g/mol. The van der Waals surface area contributed by atoms with Crippen LogP contribution in [0.3, 0.4) is 0 Å². The van der Waals surface area contributed by atoms with Gasteiger partial charge in [0.05, 0.1) is 0 Å². The molecule has 21 heavy (non-hydrogen) atoms. The molecule has 2 unspecified atom stereocenters. The van der Waals surface area contributed by atoms with E-state index in [9.17, 15) is 9.18 Å². The summed E-state index contributed by atoms with van der Waals surface area (Å²) >= 11 is 3.32. The van der Waals surface area contributed by atoms with Gasteiger partial charge in [-0.05, 0) is 55.0 Å². The largest absolute Gasteiger partial charge is 0.481 e. The molecule has 0 spiro atoms. The first-order chi connectivity index (χ1) is 9.94. The van der Waals surface area contributed by atoms with Gasteiger partial charge in [-0.3, -0.25) is 9.69 Å². The summed E-state index contributed by atoms with van der Waals surface area (Å²) in [4.78, 5) is 13.1. The number of carboxylic acids is 1. The number of benzene rings is 1. The quantitative estimate of drug-likeness (QED) is 0.868. The number of rotatable bonds is 5. The molecule has 116 valence electrons. The summed E-state index contributed by atoms with van der Waals surface area (Å²) in [6, 6.07) is 4.96. The van der Waals surface area contributed by atoms with Gasteiger partial charge in [0.2, 0.25) is 0 Å². The second-order valence-electron chi connectivity index (χ2n) is 5.99. The lowest BCUT2D eigenvalue weighted by Crippen LogP contribution is -2.37. The third-order valence-corrected chi connectivity index (χ3v) is 4.63. The summed E-state index contributed by atoms with van der Waals surface area (Å²) in [5.74, 6) is -0.364. The molecule has 1 aliphatic heterocycles. The Bertz CT molecular complexity index is 489. The highest BCUT2D eigenvalue weighted by Crippen LogP contribution is 2.27. The van der Waals surface area contributed by atoms with Crippen molar-refractivity contribution in [2.24, 2.45) is 11.8 Å². The first-order valence-electron chi connectivity index (χ1n) is 7.33. The summed E-state index contributed by atoms with van der Waals surface area (Å²) in [7, 11) is 0. The Morgan fingerprint density at radius 3 is 2.95 bits per heavy atom. The summed E-state index contributed by atoms with van der Waals surface area (Å²) in [5.41, 5.74) is 0.952. The van der Waals surface area contributed by atoms with E-state index in [-0.39, 0.29) is 18.2 Å². The number of carboxylic acid groups (broad SMARTS) is 1. The first-order valence-corrected chi connectivity index (χ1v) is 8.12. The van der Waals surface area contributed by atoms with Crippen molar-refractivity contribution in [3.05, 3.63) is 34.1 Å². The molecule has 2 rings (SSSR count). The Labute approximate surface area is 133 Å². The minimum Gasteiger partial charge on any atom is -0.481 e. The van der Waals surface area contributed by atoms with Crippen molar-refractivity contribution in [3.63, 3.8) is 0 Å². The van der Waals surface area contributed by atoms with Gasteiger partial charge in [0.15, 0.2) is 0 Å². The second-order valence-corrected chi connectivity index (χ2v) is 6.91.